The van der Waals surface area contributed by atoms with Crippen molar-refractivity contribution in [1.82, 2.24) is 5.32 Å². The van der Waals surface area contributed by atoms with Crippen molar-refractivity contribution in [2.75, 3.05) is 0 Å². The standard InChI is InChI=1S/C14H19NO4/c1-2-6-12(9-13(16)17)15-14(18)19-10-11-7-4-3-5-8-11/h3-5,7-8,12H,2,6,9-10H2,1H3,(H,15,18)(H,16,17)/t12-/m0/s1. The zero-order valence-corrected chi connectivity index (χ0v) is 11.0. The fourth-order valence-electron chi connectivity index (χ4n) is 1.72. The normalized spacial score (nSPS) is 11.6. The molecule has 0 radical (unpaired) electrons. The van der Waals surface area contributed by atoms with Gasteiger partial charge in [0.1, 0.15) is 6.61 Å². The number of benzene rings is 1. The predicted octanol–water partition coefficient (Wildman–Crippen LogP) is 2.56. The molecule has 0 saturated heterocycles. The Bertz CT molecular complexity index is 405. The molecular weight excluding hydrogens is 246 g/mol. The van der Waals surface area contributed by atoms with Crippen LogP contribution < -0.4 is 5.32 Å². The smallest absolute Gasteiger partial charge is 0.407 e. The Kier molecular flexibility index (Phi) is 6.43. The highest BCUT2D eigenvalue weighted by molar-refractivity contribution is 5.71. The van der Waals surface area contributed by atoms with Gasteiger partial charge in [-0.1, -0.05) is 43.7 Å². The molecule has 0 heterocycles. The SMILES string of the molecule is CCC[C@@H](CC(=O)O)NC(=O)OCc1ccccc1. The van der Waals surface area contributed by atoms with E-state index in [4.69, 9.17) is 9.84 Å². The van der Waals surface area contributed by atoms with Crippen molar-refractivity contribution in [1.29, 1.82) is 0 Å². The van der Waals surface area contributed by atoms with Gasteiger partial charge in [-0.2, -0.15) is 0 Å². The second-order valence-electron chi connectivity index (χ2n) is 4.29. The summed E-state index contributed by atoms with van der Waals surface area (Å²) in [6, 6.07) is 8.93. The number of carbonyl (C=O) groups excluding carboxylic acids is 1. The van der Waals surface area contributed by atoms with Crippen LogP contribution in [0.2, 0.25) is 0 Å². The van der Waals surface area contributed by atoms with Crippen molar-refractivity contribution < 1.29 is 19.4 Å². The first kappa shape index (κ1) is 15.0. The van der Waals surface area contributed by atoms with E-state index in [2.05, 4.69) is 5.32 Å². The van der Waals surface area contributed by atoms with E-state index in [1.807, 2.05) is 37.3 Å². The van der Waals surface area contributed by atoms with Gasteiger partial charge in [-0.3, -0.25) is 4.79 Å². The lowest BCUT2D eigenvalue weighted by Crippen LogP contribution is -2.36. The molecule has 5 heteroatoms. The second kappa shape index (κ2) is 8.13. The molecule has 1 atom stereocenters. The minimum atomic E-state index is -0.929. The van der Waals surface area contributed by atoms with Gasteiger partial charge < -0.3 is 15.2 Å². The lowest BCUT2D eigenvalue weighted by Gasteiger charge is -2.15. The molecule has 0 unspecified atom stereocenters. The van der Waals surface area contributed by atoms with Crippen molar-refractivity contribution in [3.05, 3.63) is 35.9 Å². The van der Waals surface area contributed by atoms with Crippen LogP contribution in [0.4, 0.5) is 4.79 Å². The number of carboxylic acid groups (broad SMARTS) is 1. The summed E-state index contributed by atoms with van der Waals surface area (Å²) in [6.07, 6.45) is 0.751. The zero-order chi connectivity index (χ0) is 14.1. The van der Waals surface area contributed by atoms with Gasteiger partial charge in [-0.05, 0) is 12.0 Å². The third kappa shape index (κ3) is 6.45. The maximum absolute atomic E-state index is 11.6. The van der Waals surface area contributed by atoms with Gasteiger partial charge in [0.15, 0.2) is 0 Å². The molecular formula is C14H19NO4. The molecule has 104 valence electrons. The summed E-state index contributed by atoms with van der Waals surface area (Å²) >= 11 is 0. The molecule has 0 aromatic heterocycles. The molecule has 2 N–H and O–H groups in total. The molecule has 1 rings (SSSR count). The van der Waals surface area contributed by atoms with Gasteiger partial charge in [-0.25, -0.2) is 4.79 Å². The molecule has 0 aliphatic carbocycles. The van der Waals surface area contributed by atoms with E-state index in [1.165, 1.54) is 0 Å². The van der Waals surface area contributed by atoms with Gasteiger partial charge >= 0.3 is 12.1 Å². The largest absolute Gasteiger partial charge is 0.481 e. The topological polar surface area (TPSA) is 75.6 Å². The lowest BCUT2D eigenvalue weighted by molar-refractivity contribution is -0.137. The van der Waals surface area contributed by atoms with E-state index in [1.54, 1.807) is 0 Å². The maximum Gasteiger partial charge on any atom is 0.407 e. The highest BCUT2D eigenvalue weighted by Gasteiger charge is 2.15. The summed E-state index contributed by atoms with van der Waals surface area (Å²) in [7, 11) is 0. The molecule has 0 spiro atoms. The first-order valence-corrected chi connectivity index (χ1v) is 6.30. The van der Waals surface area contributed by atoms with E-state index in [9.17, 15) is 9.59 Å². The number of nitrogens with one attached hydrogen (secondary N) is 1. The first-order valence-electron chi connectivity index (χ1n) is 6.30. The molecule has 1 amide bonds. The Hall–Kier alpha value is -2.04. The number of alkyl carbamates (subject to hydrolysis) is 1. The van der Waals surface area contributed by atoms with Crippen LogP contribution in [0.15, 0.2) is 30.3 Å². The van der Waals surface area contributed by atoms with Crippen LogP contribution in [0.5, 0.6) is 0 Å². The van der Waals surface area contributed by atoms with Crippen LogP contribution in [0.25, 0.3) is 0 Å². The quantitative estimate of drug-likeness (QED) is 0.794. The van der Waals surface area contributed by atoms with E-state index in [-0.39, 0.29) is 19.1 Å². The molecule has 0 saturated carbocycles. The van der Waals surface area contributed by atoms with Crippen molar-refractivity contribution in [3.63, 3.8) is 0 Å². The van der Waals surface area contributed by atoms with E-state index < -0.39 is 12.1 Å². The Morgan fingerprint density at radius 2 is 2.00 bits per heavy atom. The number of hydrogen-bond donors (Lipinski definition) is 2. The van der Waals surface area contributed by atoms with Crippen molar-refractivity contribution >= 4 is 12.1 Å². The van der Waals surface area contributed by atoms with Crippen LogP contribution in [0, 0.1) is 0 Å². The number of amides is 1. The van der Waals surface area contributed by atoms with E-state index >= 15 is 0 Å². The van der Waals surface area contributed by atoms with Crippen LogP contribution in [-0.4, -0.2) is 23.2 Å². The Morgan fingerprint density at radius 3 is 2.58 bits per heavy atom. The minimum absolute atomic E-state index is 0.0890. The molecule has 19 heavy (non-hydrogen) atoms. The van der Waals surface area contributed by atoms with Gasteiger partial charge in [0.25, 0.3) is 0 Å². The first-order chi connectivity index (χ1) is 9.11. The fourth-order valence-corrected chi connectivity index (χ4v) is 1.72. The van der Waals surface area contributed by atoms with Crippen LogP contribution in [0.3, 0.4) is 0 Å². The molecule has 0 bridgehead atoms. The molecule has 5 nitrogen and oxygen atoms in total. The molecule has 1 aromatic carbocycles. The average Bonchev–Trinajstić information content (AvgIpc) is 2.37. The third-order valence-corrected chi connectivity index (χ3v) is 2.59. The highest BCUT2D eigenvalue weighted by atomic mass is 16.5. The minimum Gasteiger partial charge on any atom is -0.481 e. The van der Waals surface area contributed by atoms with Gasteiger partial charge in [-0.15, -0.1) is 0 Å². The summed E-state index contributed by atoms with van der Waals surface area (Å²) < 4.78 is 5.04. The fraction of sp³-hybridized carbons (Fsp3) is 0.429. The van der Waals surface area contributed by atoms with E-state index in [0.29, 0.717) is 6.42 Å². The second-order valence-corrected chi connectivity index (χ2v) is 4.29. The molecule has 0 aliphatic rings. The number of hydrogen-bond acceptors (Lipinski definition) is 3. The Morgan fingerprint density at radius 1 is 1.32 bits per heavy atom. The van der Waals surface area contributed by atoms with Gasteiger partial charge in [0.05, 0.1) is 6.42 Å². The third-order valence-electron chi connectivity index (χ3n) is 2.59. The van der Waals surface area contributed by atoms with E-state index in [0.717, 1.165) is 12.0 Å². The maximum atomic E-state index is 11.6. The lowest BCUT2D eigenvalue weighted by atomic mass is 10.1. The average molecular weight is 265 g/mol. The number of carboxylic acids is 1. The van der Waals surface area contributed by atoms with Crippen molar-refractivity contribution in [3.8, 4) is 0 Å². The summed E-state index contributed by atoms with van der Waals surface area (Å²) in [6.45, 7) is 2.12. The molecule has 0 aliphatic heterocycles. The number of carbonyl (C=O) groups is 2. The van der Waals surface area contributed by atoms with Crippen molar-refractivity contribution in [2.45, 2.75) is 38.8 Å². The number of ether oxygens (including phenoxy) is 1. The van der Waals surface area contributed by atoms with Crippen LogP contribution in [0.1, 0.15) is 31.7 Å². The van der Waals surface area contributed by atoms with Crippen LogP contribution in [-0.2, 0) is 16.1 Å². The van der Waals surface area contributed by atoms with Gasteiger partial charge in [0, 0.05) is 6.04 Å². The molecule has 1 aromatic rings. The highest BCUT2D eigenvalue weighted by Crippen LogP contribution is 2.04. The monoisotopic (exact) mass is 265 g/mol. The summed E-state index contributed by atoms with van der Waals surface area (Å²) in [5.74, 6) is -0.929. The van der Waals surface area contributed by atoms with Gasteiger partial charge in [0.2, 0.25) is 0 Å². The summed E-state index contributed by atoms with van der Waals surface area (Å²) in [5, 5.41) is 11.3. The summed E-state index contributed by atoms with van der Waals surface area (Å²) in [4.78, 5) is 22.2. The zero-order valence-electron chi connectivity index (χ0n) is 11.0. The number of rotatable bonds is 7. The Labute approximate surface area is 112 Å². The predicted molar refractivity (Wildman–Crippen MR) is 70.7 cm³/mol. The Balaban J connectivity index is 2.37. The molecule has 0 fully saturated rings. The summed E-state index contributed by atoms with van der Waals surface area (Å²) in [5.41, 5.74) is 0.892. The number of aliphatic carboxylic acids is 1. The van der Waals surface area contributed by atoms with Crippen LogP contribution >= 0.6 is 0 Å². The van der Waals surface area contributed by atoms with Crippen molar-refractivity contribution in [2.24, 2.45) is 0 Å².